The zero-order chi connectivity index (χ0) is 29.4. The molecular weight excluding hydrogens is 511 g/mol. The molecule has 40 heavy (non-hydrogen) atoms. The van der Waals surface area contributed by atoms with Crippen LogP contribution in [-0.2, 0) is 11.3 Å². The number of amides is 2. The quantitative estimate of drug-likeness (QED) is 0.260. The Balaban J connectivity index is 1.90. The molecule has 0 aliphatic rings. The van der Waals surface area contributed by atoms with Gasteiger partial charge in [-0.3, -0.25) is 9.69 Å². The second-order valence-electron chi connectivity index (χ2n) is 11.3. The Labute approximate surface area is 235 Å². The number of aromatic nitrogens is 2. The van der Waals surface area contributed by atoms with Gasteiger partial charge in [-0.1, -0.05) is 70.9 Å². The first-order valence-electron chi connectivity index (χ1n) is 13.7. The second-order valence-corrected chi connectivity index (χ2v) is 11.3. The average molecular weight is 553 g/mol. The van der Waals surface area contributed by atoms with E-state index in [0.717, 1.165) is 17.5 Å². The number of halogens is 1. The lowest BCUT2D eigenvalue weighted by Gasteiger charge is -2.44. The fourth-order valence-corrected chi connectivity index (χ4v) is 4.88. The van der Waals surface area contributed by atoms with Gasteiger partial charge in [-0.05, 0) is 48.6 Å². The van der Waals surface area contributed by atoms with Gasteiger partial charge in [0.2, 0.25) is 0 Å². The Bertz CT molecular complexity index is 1240. The lowest BCUT2D eigenvalue weighted by molar-refractivity contribution is -0.134. The van der Waals surface area contributed by atoms with Crippen LogP contribution >= 0.6 is 0 Å². The summed E-state index contributed by atoms with van der Waals surface area (Å²) in [6.45, 7) is 9.87. The first-order chi connectivity index (χ1) is 18.9. The minimum atomic E-state index is -1.56. The molecule has 2 aromatic carbocycles. The van der Waals surface area contributed by atoms with Crippen LogP contribution in [-0.4, -0.2) is 54.9 Å². The highest BCUT2D eigenvalue weighted by Gasteiger charge is 2.42. The maximum atomic E-state index is 13.4. The molecular formula is C31H41FN4O4. The molecule has 0 saturated carbocycles. The SMILES string of the molecule is CCCC[C@@H]([C@@H](O)C(=O)N[C@H](C)c1ccccc1)N(C(=O)O)C(Cn1cnc(-c2ccc(F)cc2)c1)C(C)(C)C. The fraction of sp³-hybridized carbons (Fsp3) is 0.452. The summed E-state index contributed by atoms with van der Waals surface area (Å²) in [6, 6.07) is 13.5. The number of aliphatic hydroxyl groups is 1. The predicted octanol–water partition coefficient (Wildman–Crippen LogP) is 5.88. The van der Waals surface area contributed by atoms with Gasteiger partial charge in [0.1, 0.15) is 5.82 Å². The van der Waals surface area contributed by atoms with Gasteiger partial charge in [0.25, 0.3) is 5.91 Å². The minimum absolute atomic E-state index is 0.251. The van der Waals surface area contributed by atoms with Crippen LogP contribution in [0.5, 0.6) is 0 Å². The summed E-state index contributed by atoms with van der Waals surface area (Å²) in [4.78, 5) is 31.8. The van der Waals surface area contributed by atoms with Gasteiger partial charge in [0, 0.05) is 18.3 Å². The van der Waals surface area contributed by atoms with E-state index < -0.39 is 35.6 Å². The number of carbonyl (C=O) groups is 2. The van der Waals surface area contributed by atoms with Crippen molar-refractivity contribution in [2.24, 2.45) is 5.41 Å². The number of imidazole rings is 1. The third-order valence-electron chi connectivity index (χ3n) is 7.22. The number of carbonyl (C=O) groups excluding carboxylic acids is 1. The summed E-state index contributed by atoms with van der Waals surface area (Å²) in [7, 11) is 0. The second kappa shape index (κ2) is 13.6. The molecule has 0 fully saturated rings. The summed E-state index contributed by atoms with van der Waals surface area (Å²) >= 11 is 0. The van der Waals surface area contributed by atoms with Crippen LogP contribution in [0.25, 0.3) is 11.3 Å². The normalized spacial score (nSPS) is 14.7. The Morgan fingerprint density at radius 2 is 1.75 bits per heavy atom. The van der Waals surface area contributed by atoms with Crippen LogP contribution < -0.4 is 5.32 Å². The molecule has 3 aromatic rings. The number of rotatable bonds is 12. The topological polar surface area (TPSA) is 108 Å². The van der Waals surface area contributed by atoms with Crippen molar-refractivity contribution in [1.29, 1.82) is 0 Å². The monoisotopic (exact) mass is 552 g/mol. The van der Waals surface area contributed by atoms with Crippen molar-refractivity contribution in [1.82, 2.24) is 19.8 Å². The summed E-state index contributed by atoms with van der Waals surface area (Å²) < 4.78 is 15.2. The van der Waals surface area contributed by atoms with Crippen LogP contribution in [0.3, 0.4) is 0 Å². The van der Waals surface area contributed by atoms with E-state index in [2.05, 4.69) is 10.3 Å². The summed E-state index contributed by atoms with van der Waals surface area (Å²) in [5, 5.41) is 24.6. The molecule has 2 amide bonds. The number of hydrogen-bond acceptors (Lipinski definition) is 4. The van der Waals surface area contributed by atoms with E-state index in [1.807, 2.05) is 65.0 Å². The molecule has 216 valence electrons. The van der Waals surface area contributed by atoms with E-state index in [1.54, 1.807) is 29.2 Å². The van der Waals surface area contributed by atoms with Gasteiger partial charge < -0.3 is 20.1 Å². The molecule has 4 atom stereocenters. The van der Waals surface area contributed by atoms with Crippen LogP contribution in [0.15, 0.2) is 67.1 Å². The van der Waals surface area contributed by atoms with Gasteiger partial charge in [-0.15, -0.1) is 0 Å². The Morgan fingerprint density at radius 3 is 2.33 bits per heavy atom. The molecule has 0 radical (unpaired) electrons. The summed E-state index contributed by atoms with van der Waals surface area (Å²) in [5.74, 6) is -0.954. The van der Waals surface area contributed by atoms with Crippen molar-refractivity contribution in [3.63, 3.8) is 0 Å². The van der Waals surface area contributed by atoms with Gasteiger partial charge in [-0.2, -0.15) is 0 Å². The van der Waals surface area contributed by atoms with Crippen molar-refractivity contribution in [2.75, 3.05) is 0 Å². The largest absolute Gasteiger partial charge is 0.465 e. The molecule has 1 unspecified atom stereocenters. The molecule has 9 heteroatoms. The van der Waals surface area contributed by atoms with E-state index in [0.29, 0.717) is 18.5 Å². The Kier molecular flexibility index (Phi) is 10.5. The highest BCUT2D eigenvalue weighted by atomic mass is 19.1. The third kappa shape index (κ3) is 7.91. The zero-order valence-corrected chi connectivity index (χ0v) is 23.9. The average Bonchev–Trinajstić information content (AvgIpc) is 3.38. The minimum Gasteiger partial charge on any atom is -0.465 e. The van der Waals surface area contributed by atoms with Gasteiger partial charge in [0.05, 0.1) is 30.1 Å². The number of nitrogens with zero attached hydrogens (tertiary/aromatic N) is 3. The molecule has 0 bridgehead atoms. The van der Waals surface area contributed by atoms with E-state index in [-0.39, 0.29) is 18.4 Å². The number of unbranched alkanes of at least 4 members (excludes halogenated alkanes) is 1. The molecule has 0 aliphatic carbocycles. The maximum absolute atomic E-state index is 13.4. The Hall–Kier alpha value is -3.72. The van der Waals surface area contributed by atoms with Crippen LogP contribution in [0.4, 0.5) is 9.18 Å². The zero-order valence-electron chi connectivity index (χ0n) is 23.9. The van der Waals surface area contributed by atoms with Crippen LogP contribution in [0.1, 0.15) is 65.5 Å². The van der Waals surface area contributed by atoms with E-state index in [4.69, 9.17) is 0 Å². The number of nitrogens with one attached hydrogen (secondary N) is 1. The molecule has 0 saturated heterocycles. The molecule has 1 heterocycles. The van der Waals surface area contributed by atoms with Gasteiger partial charge in [-0.25, -0.2) is 14.2 Å². The maximum Gasteiger partial charge on any atom is 0.407 e. The molecule has 3 N–H and O–H groups in total. The summed E-state index contributed by atoms with van der Waals surface area (Å²) in [5.41, 5.74) is 1.71. The lowest BCUT2D eigenvalue weighted by Crippen LogP contribution is -2.59. The van der Waals surface area contributed by atoms with Crippen molar-refractivity contribution >= 4 is 12.0 Å². The molecule has 8 nitrogen and oxygen atoms in total. The van der Waals surface area contributed by atoms with Crippen molar-refractivity contribution in [2.45, 2.75) is 84.7 Å². The number of aliphatic hydroxyl groups excluding tert-OH is 1. The highest BCUT2D eigenvalue weighted by molar-refractivity contribution is 5.82. The number of carboxylic acid groups (broad SMARTS) is 1. The van der Waals surface area contributed by atoms with Gasteiger partial charge >= 0.3 is 6.09 Å². The number of benzene rings is 2. The molecule has 1 aromatic heterocycles. The van der Waals surface area contributed by atoms with E-state index >= 15 is 0 Å². The predicted molar refractivity (Wildman–Crippen MR) is 153 cm³/mol. The smallest absolute Gasteiger partial charge is 0.407 e. The van der Waals surface area contributed by atoms with Crippen LogP contribution in [0.2, 0.25) is 0 Å². The van der Waals surface area contributed by atoms with Crippen LogP contribution in [0, 0.1) is 11.2 Å². The van der Waals surface area contributed by atoms with E-state index in [1.165, 1.54) is 17.0 Å². The highest BCUT2D eigenvalue weighted by Crippen LogP contribution is 2.31. The third-order valence-corrected chi connectivity index (χ3v) is 7.22. The molecule has 3 rings (SSSR count). The standard InChI is InChI=1S/C31H41FN4O4/c1-6-7-13-26(28(37)29(38)34-21(2)22-11-9-8-10-12-22)36(30(39)40)27(31(3,4)5)19-35-18-25(33-20-35)23-14-16-24(32)17-15-23/h8-12,14-18,20-21,26-28,37H,6-7,13,19H2,1-5H3,(H,34,38)(H,39,40)/t21-,26+,27?,28-/m1/s1. The molecule has 0 aliphatic heterocycles. The van der Waals surface area contributed by atoms with Crippen molar-refractivity contribution < 1.29 is 24.2 Å². The first kappa shape index (κ1) is 30.8. The lowest BCUT2D eigenvalue weighted by atomic mass is 9.83. The summed E-state index contributed by atoms with van der Waals surface area (Å²) in [6.07, 6.45) is 2.39. The van der Waals surface area contributed by atoms with Crippen molar-refractivity contribution in [3.8, 4) is 11.3 Å². The van der Waals surface area contributed by atoms with E-state index in [9.17, 15) is 24.2 Å². The number of hydrogen-bond donors (Lipinski definition) is 3. The van der Waals surface area contributed by atoms with Gasteiger partial charge in [0.15, 0.2) is 6.10 Å². The fourth-order valence-electron chi connectivity index (χ4n) is 4.88. The first-order valence-corrected chi connectivity index (χ1v) is 13.7. The van der Waals surface area contributed by atoms with Crippen molar-refractivity contribution in [3.05, 3.63) is 78.5 Å². The molecule has 0 spiro atoms. The Morgan fingerprint density at radius 1 is 1.10 bits per heavy atom.